The summed E-state index contributed by atoms with van der Waals surface area (Å²) >= 11 is 3.60. The standard InChI is InChI=1S/C32H32BrN2O5/c1-20-7-9-24(10-8-20)31(36)39-28-15-16-29(22(3)21(28)2)40-32(37)25-11-13-27(14-12-25)38-23(4)35-18-17-26(34(5)6)19-30(35)33/h7-19,23H,1-6H3/q+1. The number of aryl methyl sites for hydroxylation is 1. The lowest BCUT2D eigenvalue weighted by molar-refractivity contribution is -0.759. The van der Waals surface area contributed by atoms with Crippen LogP contribution in [0.2, 0.25) is 0 Å². The maximum Gasteiger partial charge on any atom is 0.343 e. The van der Waals surface area contributed by atoms with Crippen LogP contribution in [0.25, 0.3) is 0 Å². The van der Waals surface area contributed by atoms with Crippen molar-refractivity contribution < 1.29 is 28.4 Å². The molecule has 0 aliphatic carbocycles. The second-order valence-electron chi connectivity index (χ2n) is 9.71. The zero-order chi connectivity index (χ0) is 29.0. The van der Waals surface area contributed by atoms with Crippen molar-refractivity contribution in [1.29, 1.82) is 0 Å². The van der Waals surface area contributed by atoms with Crippen molar-refractivity contribution in [3.63, 3.8) is 0 Å². The molecule has 8 heteroatoms. The Morgan fingerprint density at radius 3 is 1.75 bits per heavy atom. The third-order valence-corrected chi connectivity index (χ3v) is 7.24. The number of hydrogen-bond donors (Lipinski definition) is 0. The molecule has 1 unspecified atom stereocenters. The topological polar surface area (TPSA) is 68.9 Å². The van der Waals surface area contributed by atoms with Crippen molar-refractivity contribution in [2.75, 3.05) is 19.0 Å². The smallest absolute Gasteiger partial charge is 0.343 e. The van der Waals surface area contributed by atoms with Gasteiger partial charge < -0.3 is 19.1 Å². The zero-order valence-corrected chi connectivity index (χ0v) is 25.0. The molecule has 0 N–H and O–H groups in total. The number of halogens is 1. The van der Waals surface area contributed by atoms with Gasteiger partial charge in [0.15, 0.2) is 6.20 Å². The van der Waals surface area contributed by atoms with Crippen molar-refractivity contribution in [2.45, 2.75) is 33.9 Å². The Hall–Kier alpha value is -4.17. The fourth-order valence-corrected chi connectivity index (χ4v) is 4.61. The number of carbonyl (C=O) groups excluding carboxylic acids is 2. The molecule has 1 heterocycles. The van der Waals surface area contributed by atoms with Gasteiger partial charge in [0.05, 0.1) is 11.1 Å². The van der Waals surface area contributed by atoms with Gasteiger partial charge in [-0.1, -0.05) is 17.7 Å². The van der Waals surface area contributed by atoms with Gasteiger partial charge in [-0.05, 0) is 80.4 Å². The Balaban J connectivity index is 1.40. The summed E-state index contributed by atoms with van der Waals surface area (Å²) in [4.78, 5) is 27.4. The van der Waals surface area contributed by atoms with E-state index < -0.39 is 11.9 Å². The number of ether oxygens (including phenoxy) is 3. The molecular weight excluding hydrogens is 572 g/mol. The predicted molar refractivity (Wildman–Crippen MR) is 157 cm³/mol. The van der Waals surface area contributed by atoms with Gasteiger partial charge in [0, 0.05) is 54.8 Å². The maximum atomic E-state index is 12.9. The van der Waals surface area contributed by atoms with Crippen LogP contribution in [-0.2, 0) is 0 Å². The summed E-state index contributed by atoms with van der Waals surface area (Å²) in [7, 11) is 3.97. The van der Waals surface area contributed by atoms with Crippen LogP contribution in [0.15, 0.2) is 83.6 Å². The molecule has 0 aliphatic heterocycles. The van der Waals surface area contributed by atoms with E-state index in [1.807, 2.05) is 81.7 Å². The van der Waals surface area contributed by atoms with Gasteiger partial charge >= 0.3 is 11.9 Å². The largest absolute Gasteiger partial charge is 0.434 e. The molecule has 0 amide bonds. The van der Waals surface area contributed by atoms with Gasteiger partial charge in [-0.3, -0.25) is 0 Å². The molecule has 0 bridgehead atoms. The molecule has 0 saturated carbocycles. The molecule has 1 atom stereocenters. The lowest BCUT2D eigenvalue weighted by Crippen LogP contribution is -2.42. The first-order valence-electron chi connectivity index (χ1n) is 12.8. The Kier molecular flexibility index (Phi) is 8.90. The molecule has 40 heavy (non-hydrogen) atoms. The van der Waals surface area contributed by atoms with Crippen LogP contribution < -0.4 is 23.7 Å². The van der Waals surface area contributed by atoms with E-state index in [0.29, 0.717) is 39.5 Å². The highest BCUT2D eigenvalue weighted by atomic mass is 79.9. The van der Waals surface area contributed by atoms with Crippen LogP contribution in [0.4, 0.5) is 5.69 Å². The lowest BCUT2D eigenvalue weighted by Gasteiger charge is -2.15. The van der Waals surface area contributed by atoms with Crippen LogP contribution >= 0.6 is 15.9 Å². The van der Waals surface area contributed by atoms with E-state index in [4.69, 9.17) is 14.2 Å². The Labute approximate surface area is 243 Å². The van der Waals surface area contributed by atoms with Crippen molar-refractivity contribution in [1.82, 2.24) is 0 Å². The minimum atomic E-state index is -0.497. The fourth-order valence-electron chi connectivity index (χ4n) is 3.97. The third kappa shape index (κ3) is 6.69. The predicted octanol–water partition coefficient (Wildman–Crippen LogP) is 6.76. The molecule has 3 aromatic carbocycles. The number of pyridine rings is 1. The summed E-state index contributed by atoms with van der Waals surface area (Å²) in [5.41, 5.74) is 4.40. The molecule has 0 aliphatic rings. The van der Waals surface area contributed by atoms with Gasteiger partial charge in [0.2, 0.25) is 0 Å². The van der Waals surface area contributed by atoms with Crippen molar-refractivity contribution in [3.05, 3.63) is 111 Å². The second kappa shape index (κ2) is 12.3. The average Bonchev–Trinajstić information content (AvgIpc) is 2.93. The monoisotopic (exact) mass is 603 g/mol. The van der Waals surface area contributed by atoms with Crippen molar-refractivity contribution >= 4 is 33.6 Å². The maximum absolute atomic E-state index is 12.9. The number of hydrogen-bond acceptors (Lipinski definition) is 6. The average molecular weight is 605 g/mol. The van der Waals surface area contributed by atoms with Gasteiger partial charge in [-0.15, -0.1) is 0 Å². The van der Waals surface area contributed by atoms with Crippen LogP contribution in [0.3, 0.4) is 0 Å². The van der Waals surface area contributed by atoms with E-state index in [-0.39, 0.29) is 6.23 Å². The second-order valence-corrected chi connectivity index (χ2v) is 10.5. The quantitative estimate of drug-likeness (QED) is 0.0958. The van der Waals surface area contributed by atoms with Gasteiger partial charge in [-0.25, -0.2) is 9.59 Å². The molecule has 0 radical (unpaired) electrons. The fraction of sp³-hybridized carbons (Fsp3) is 0.219. The number of esters is 2. The molecule has 1 aromatic heterocycles. The summed E-state index contributed by atoms with van der Waals surface area (Å²) in [6, 6.07) is 21.3. The van der Waals surface area contributed by atoms with Crippen molar-refractivity contribution in [2.24, 2.45) is 0 Å². The van der Waals surface area contributed by atoms with Gasteiger partial charge in [-0.2, -0.15) is 4.57 Å². The van der Waals surface area contributed by atoms with Gasteiger partial charge in [0.25, 0.3) is 10.8 Å². The Morgan fingerprint density at radius 1 is 0.775 bits per heavy atom. The first-order valence-corrected chi connectivity index (χ1v) is 13.6. The van der Waals surface area contributed by atoms with E-state index in [0.717, 1.165) is 15.9 Å². The minimum Gasteiger partial charge on any atom is -0.434 e. The highest BCUT2D eigenvalue weighted by molar-refractivity contribution is 9.10. The minimum absolute atomic E-state index is 0.285. The molecule has 7 nitrogen and oxygen atoms in total. The Morgan fingerprint density at radius 2 is 1.27 bits per heavy atom. The number of aromatic nitrogens is 1. The van der Waals surface area contributed by atoms with Crippen molar-refractivity contribution in [3.8, 4) is 17.2 Å². The summed E-state index contributed by atoms with van der Waals surface area (Å²) in [5.74, 6) is 0.489. The molecular formula is C32H32BrN2O5+. The molecule has 0 fully saturated rings. The summed E-state index contributed by atoms with van der Waals surface area (Å²) in [6.07, 6.45) is 1.67. The summed E-state index contributed by atoms with van der Waals surface area (Å²) in [5, 5.41) is 0. The number of benzene rings is 3. The molecule has 0 spiro atoms. The first-order chi connectivity index (χ1) is 19.0. The first kappa shape index (κ1) is 28.8. The molecule has 206 valence electrons. The van der Waals surface area contributed by atoms with E-state index in [2.05, 4.69) is 15.9 Å². The summed E-state index contributed by atoms with van der Waals surface area (Å²) < 4.78 is 20.2. The molecule has 0 saturated heterocycles. The van der Waals surface area contributed by atoms with E-state index in [9.17, 15) is 9.59 Å². The number of carbonyl (C=O) groups is 2. The normalized spacial score (nSPS) is 11.5. The number of nitrogens with zero attached hydrogens (tertiary/aromatic N) is 2. The SMILES string of the molecule is Cc1ccc(C(=O)Oc2ccc(OC(=O)c3ccc(OC(C)[n+]4ccc(N(C)C)cc4Br)cc3)c(C)c2C)cc1. The summed E-state index contributed by atoms with van der Waals surface area (Å²) in [6.45, 7) is 7.54. The third-order valence-electron chi connectivity index (χ3n) is 6.60. The lowest BCUT2D eigenvalue weighted by atomic mass is 10.1. The molecule has 4 aromatic rings. The Bertz CT molecular complexity index is 1530. The number of rotatable bonds is 8. The van der Waals surface area contributed by atoms with Crippen LogP contribution in [0.1, 0.15) is 50.6 Å². The highest BCUT2D eigenvalue weighted by Gasteiger charge is 2.20. The van der Waals surface area contributed by atoms with E-state index in [1.54, 1.807) is 48.5 Å². The highest BCUT2D eigenvalue weighted by Crippen LogP contribution is 2.30. The number of anilines is 1. The van der Waals surface area contributed by atoms with Crippen LogP contribution in [-0.4, -0.2) is 26.0 Å². The molecule has 4 rings (SSSR count). The van der Waals surface area contributed by atoms with Crippen LogP contribution in [0.5, 0.6) is 17.2 Å². The van der Waals surface area contributed by atoms with Gasteiger partial charge in [0.1, 0.15) is 17.2 Å². The van der Waals surface area contributed by atoms with Crippen LogP contribution in [0, 0.1) is 20.8 Å². The zero-order valence-electron chi connectivity index (χ0n) is 23.4. The van der Waals surface area contributed by atoms with E-state index >= 15 is 0 Å². The van der Waals surface area contributed by atoms with E-state index in [1.165, 1.54) is 0 Å².